The Morgan fingerprint density at radius 1 is 1.00 bits per heavy atom. The van der Waals surface area contributed by atoms with Crippen LogP contribution in [-0.4, -0.2) is 103 Å². The predicted molar refractivity (Wildman–Crippen MR) is 149 cm³/mol. The second-order valence-electron chi connectivity index (χ2n) is 11.3. The molecule has 218 valence electrons. The number of guanidine groups is 1. The molecule has 39 heavy (non-hydrogen) atoms. The van der Waals surface area contributed by atoms with E-state index in [1.807, 2.05) is 0 Å². The fraction of sp³-hybridized carbons (Fsp3) is 0.862. The van der Waals surface area contributed by atoms with Crippen molar-refractivity contribution >= 4 is 18.0 Å². The molecule has 1 N–H and O–H groups in total. The van der Waals surface area contributed by atoms with Gasteiger partial charge in [-0.2, -0.15) is 5.26 Å². The quantitative estimate of drug-likeness (QED) is 0.400. The third-order valence-electron chi connectivity index (χ3n) is 9.03. The minimum atomic E-state index is -0.582. The van der Waals surface area contributed by atoms with Gasteiger partial charge in [0.1, 0.15) is 0 Å². The molecule has 0 radical (unpaired) electrons. The molecule has 0 aromatic heterocycles. The van der Waals surface area contributed by atoms with Gasteiger partial charge in [-0.05, 0) is 78.3 Å². The van der Waals surface area contributed by atoms with E-state index in [4.69, 9.17) is 9.47 Å². The van der Waals surface area contributed by atoms with E-state index in [1.54, 1.807) is 6.92 Å². The first-order valence-electron chi connectivity index (χ1n) is 15.3. The fourth-order valence-corrected chi connectivity index (χ4v) is 7.03. The zero-order valence-corrected chi connectivity index (χ0v) is 24.0. The number of aliphatic imine (C=N–C) groups is 1. The van der Waals surface area contributed by atoms with Crippen LogP contribution < -0.4 is 5.32 Å². The van der Waals surface area contributed by atoms with Gasteiger partial charge >= 0.3 is 6.09 Å². The van der Waals surface area contributed by atoms with Crippen molar-refractivity contribution < 1.29 is 19.1 Å². The first-order chi connectivity index (χ1) is 19.1. The molecule has 10 nitrogen and oxygen atoms in total. The Labute approximate surface area is 234 Å². The van der Waals surface area contributed by atoms with Crippen molar-refractivity contribution in [3.05, 3.63) is 0 Å². The first-order valence-corrected chi connectivity index (χ1v) is 15.3. The Kier molecular flexibility index (Phi) is 11.3. The maximum absolute atomic E-state index is 14.7. The van der Waals surface area contributed by atoms with E-state index in [-0.39, 0.29) is 42.5 Å². The fourth-order valence-electron chi connectivity index (χ4n) is 7.03. The van der Waals surface area contributed by atoms with Gasteiger partial charge in [0, 0.05) is 43.7 Å². The normalized spacial score (nSPS) is 28.8. The number of rotatable bonds is 6. The van der Waals surface area contributed by atoms with E-state index in [1.165, 1.54) is 0 Å². The SMILES string of the molecule is CCOC(=O)N=C(N1CCOCC1)N(CC)C1CCCCC1C(=O)N(C1CCNCC1)C1CCC(C#N)CC1. The zero-order valence-electron chi connectivity index (χ0n) is 24.0. The number of carbonyl (C=O) groups excluding carboxylic acids is 2. The first kappa shape index (κ1) is 29.6. The second kappa shape index (κ2) is 14.8. The molecule has 0 bridgehead atoms. The van der Waals surface area contributed by atoms with E-state index in [9.17, 15) is 14.9 Å². The standard InChI is InChI=1S/C29H48N6O4/c1-3-34(28(32-29(37)39-4-2)33-17-19-38-20-18-33)26-8-6-5-7-25(26)27(36)35(24-13-15-31-16-14-24)23-11-9-22(21-30)10-12-23/h22-26,31H,3-20H2,1-2H3. The number of piperidine rings is 1. The smallest absolute Gasteiger partial charge is 0.436 e. The molecular weight excluding hydrogens is 496 g/mol. The molecule has 0 aromatic carbocycles. The highest BCUT2D eigenvalue weighted by molar-refractivity contribution is 5.91. The van der Waals surface area contributed by atoms with E-state index in [2.05, 4.69) is 38.0 Å². The van der Waals surface area contributed by atoms with Crippen molar-refractivity contribution in [1.82, 2.24) is 20.0 Å². The highest BCUT2D eigenvalue weighted by Gasteiger charge is 2.43. The summed E-state index contributed by atoms with van der Waals surface area (Å²) in [6, 6.07) is 2.87. The molecule has 2 amide bonds. The molecular formula is C29H48N6O4. The predicted octanol–water partition coefficient (Wildman–Crippen LogP) is 3.37. The zero-order chi connectivity index (χ0) is 27.6. The second-order valence-corrected chi connectivity index (χ2v) is 11.3. The lowest BCUT2D eigenvalue weighted by Crippen LogP contribution is -2.60. The molecule has 4 aliphatic rings. The molecule has 2 aliphatic carbocycles. The van der Waals surface area contributed by atoms with Crippen LogP contribution in [0.2, 0.25) is 0 Å². The van der Waals surface area contributed by atoms with Crippen molar-refractivity contribution in [2.75, 3.05) is 52.5 Å². The minimum absolute atomic E-state index is 0.0214. The number of hydrogen-bond acceptors (Lipinski definition) is 6. The lowest BCUT2D eigenvalue weighted by molar-refractivity contribution is -0.145. The summed E-state index contributed by atoms with van der Waals surface area (Å²) in [5.41, 5.74) is 0. The molecule has 2 unspecified atom stereocenters. The third kappa shape index (κ3) is 7.43. The van der Waals surface area contributed by atoms with Gasteiger partial charge in [0.05, 0.1) is 31.8 Å². The molecule has 10 heteroatoms. The Bertz CT molecular complexity index is 871. The molecule has 2 atom stereocenters. The lowest BCUT2D eigenvalue weighted by atomic mass is 9.80. The van der Waals surface area contributed by atoms with E-state index in [0.29, 0.717) is 38.8 Å². The van der Waals surface area contributed by atoms with Crippen molar-refractivity contribution in [1.29, 1.82) is 5.26 Å². The van der Waals surface area contributed by atoms with Crippen molar-refractivity contribution in [2.45, 2.75) is 96.2 Å². The number of nitriles is 1. The van der Waals surface area contributed by atoms with Gasteiger partial charge in [-0.25, -0.2) is 4.79 Å². The highest BCUT2D eigenvalue weighted by atomic mass is 16.5. The average Bonchev–Trinajstić information content (AvgIpc) is 2.99. The third-order valence-corrected chi connectivity index (χ3v) is 9.03. The number of hydrogen-bond donors (Lipinski definition) is 1. The summed E-state index contributed by atoms with van der Waals surface area (Å²) >= 11 is 0. The minimum Gasteiger partial charge on any atom is -0.448 e. The maximum atomic E-state index is 14.7. The molecule has 2 aliphatic heterocycles. The van der Waals surface area contributed by atoms with Crippen LogP contribution in [0.25, 0.3) is 0 Å². The van der Waals surface area contributed by atoms with Gasteiger partial charge in [-0.1, -0.05) is 12.8 Å². The summed E-state index contributed by atoms with van der Waals surface area (Å²) < 4.78 is 10.8. The van der Waals surface area contributed by atoms with Crippen LogP contribution in [0.3, 0.4) is 0 Å². The summed E-state index contributed by atoms with van der Waals surface area (Å²) in [5.74, 6) is 0.852. The largest absolute Gasteiger partial charge is 0.448 e. The molecule has 4 rings (SSSR count). The van der Waals surface area contributed by atoms with Gasteiger partial charge in [0.25, 0.3) is 0 Å². The van der Waals surface area contributed by atoms with Crippen LogP contribution >= 0.6 is 0 Å². The topological polar surface area (TPSA) is 110 Å². The molecule has 2 saturated carbocycles. The number of amides is 2. The van der Waals surface area contributed by atoms with Crippen LogP contribution in [0.4, 0.5) is 4.79 Å². The molecule has 0 spiro atoms. The Balaban J connectivity index is 1.62. The summed E-state index contributed by atoms with van der Waals surface area (Å²) in [6.07, 6.45) is 8.78. The summed E-state index contributed by atoms with van der Waals surface area (Å²) in [5, 5.41) is 12.9. The van der Waals surface area contributed by atoms with Gasteiger partial charge < -0.3 is 29.5 Å². The maximum Gasteiger partial charge on any atom is 0.436 e. The Hall–Kier alpha value is -2.38. The van der Waals surface area contributed by atoms with Crippen LogP contribution in [0.5, 0.6) is 0 Å². The van der Waals surface area contributed by atoms with Crippen LogP contribution in [0.15, 0.2) is 4.99 Å². The highest BCUT2D eigenvalue weighted by Crippen LogP contribution is 2.36. The van der Waals surface area contributed by atoms with Crippen LogP contribution in [0.1, 0.15) is 78.1 Å². The number of carbonyl (C=O) groups is 2. The molecule has 4 fully saturated rings. The van der Waals surface area contributed by atoms with E-state index < -0.39 is 6.09 Å². The van der Waals surface area contributed by atoms with Gasteiger partial charge in [-0.3, -0.25) is 4.79 Å². The summed E-state index contributed by atoms with van der Waals surface area (Å²) in [4.78, 5) is 38.3. The van der Waals surface area contributed by atoms with Crippen molar-refractivity contribution in [2.24, 2.45) is 16.8 Å². The Morgan fingerprint density at radius 2 is 1.67 bits per heavy atom. The van der Waals surface area contributed by atoms with Gasteiger partial charge in [-0.15, -0.1) is 4.99 Å². The Morgan fingerprint density at radius 3 is 2.31 bits per heavy atom. The monoisotopic (exact) mass is 544 g/mol. The molecule has 2 saturated heterocycles. The van der Waals surface area contributed by atoms with Crippen LogP contribution in [-0.2, 0) is 14.3 Å². The van der Waals surface area contributed by atoms with Crippen molar-refractivity contribution in [3.63, 3.8) is 0 Å². The van der Waals surface area contributed by atoms with E-state index >= 15 is 0 Å². The number of ether oxygens (including phenoxy) is 2. The van der Waals surface area contributed by atoms with Gasteiger partial charge in [0.2, 0.25) is 11.9 Å². The molecule has 2 heterocycles. The molecule has 0 aromatic rings. The van der Waals surface area contributed by atoms with Gasteiger partial charge in [0.15, 0.2) is 0 Å². The number of nitrogens with zero attached hydrogens (tertiary/aromatic N) is 5. The van der Waals surface area contributed by atoms with Crippen molar-refractivity contribution in [3.8, 4) is 6.07 Å². The lowest BCUT2D eigenvalue weighted by Gasteiger charge is -2.48. The summed E-state index contributed by atoms with van der Waals surface area (Å²) in [7, 11) is 0. The van der Waals surface area contributed by atoms with E-state index in [0.717, 1.165) is 77.3 Å². The average molecular weight is 545 g/mol. The number of morpholine rings is 1. The summed E-state index contributed by atoms with van der Waals surface area (Å²) in [6.45, 7) is 9.16. The van der Waals surface area contributed by atoms with Crippen LogP contribution in [0, 0.1) is 23.2 Å². The number of nitrogens with one attached hydrogen (secondary N) is 1.